The van der Waals surface area contributed by atoms with Crippen LogP contribution < -0.4 is 30.7 Å². The molecule has 0 saturated heterocycles. The highest BCUT2D eigenvalue weighted by Gasteiger charge is 2.54. The van der Waals surface area contributed by atoms with E-state index >= 15 is 0 Å². The van der Waals surface area contributed by atoms with Gasteiger partial charge in [-0.25, -0.2) is 14.4 Å². The number of nitrogens with one attached hydrogen (secondary N) is 4. The largest absolute Gasteiger partial charge is 0.669 e. The van der Waals surface area contributed by atoms with Crippen LogP contribution in [0.3, 0.4) is 0 Å². The molecule has 0 radical (unpaired) electrons. The van der Waals surface area contributed by atoms with Crippen molar-refractivity contribution in [2.45, 2.75) is 13.0 Å². The van der Waals surface area contributed by atoms with Gasteiger partial charge in [-0.15, -0.1) is 0 Å². The standard InChI is InChI=1S/C52H50N4O19Si2/c1-29-7-15-33(16-8-29)73-34-17-9-30(10-18-34)54-47(60)38-24-40(42(50(63)64)23-37(38)45(58)27-76(28-57,69-3)75-77(70-4,71-5)72-6)48(61)55-31-11-19-35(20-12-31)74-36-21-13-32(14-22-36)56-49(62)41-25-39(46(59)53-2)43(51(65)66)26-44(41)52(67)68/h7-26,57H,27-28H2,1-6H3,(H,53,59)(H,54,60)(H,55,61)(H,56,62)(H,63,64)(H,65,66)(H,67,68). The van der Waals surface area contributed by atoms with Crippen molar-refractivity contribution in [2.75, 3.05) is 57.7 Å². The van der Waals surface area contributed by atoms with Crippen molar-refractivity contribution < 1.29 is 90.1 Å². The molecule has 6 aromatic rings. The third kappa shape index (κ3) is 13.9. The van der Waals surface area contributed by atoms with Gasteiger partial charge >= 0.3 is 35.5 Å². The molecule has 0 spiro atoms. The number of hydrogen-bond donors (Lipinski definition) is 8. The average molecular weight is 1090 g/mol. The molecule has 25 heteroatoms. The normalized spacial score (nSPS) is 11.8. The number of carbonyl (C=O) groups excluding carboxylic acids is 5. The average Bonchev–Trinajstić information content (AvgIpc) is 3.43. The van der Waals surface area contributed by atoms with Gasteiger partial charge in [0, 0.05) is 58.1 Å². The minimum Gasteiger partial charge on any atom is -0.478 e. The van der Waals surface area contributed by atoms with Gasteiger partial charge in [0.25, 0.3) is 23.6 Å². The van der Waals surface area contributed by atoms with Crippen LogP contribution in [0.25, 0.3) is 0 Å². The van der Waals surface area contributed by atoms with Crippen LogP contribution in [-0.4, -0.2) is 127 Å². The number of carboxylic acid groups (broad SMARTS) is 3. The van der Waals surface area contributed by atoms with Crippen LogP contribution in [-0.2, 0) is 21.8 Å². The number of rotatable bonds is 24. The van der Waals surface area contributed by atoms with Gasteiger partial charge in [0.2, 0.25) is 0 Å². The highest BCUT2D eigenvalue weighted by molar-refractivity contribution is 6.78. The lowest BCUT2D eigenvalue weighted by atomic mass is 9.95. The Hall–Kier alpha value is -8.93. The predicted octanol–water partition coefficient (Wildman–Crippen LogP) is 6.98. The summed E-state index contributed by atoms with van der Waals surface area (Å²) in [6, 6.07) is 27.8. The van der Waals surface area contributed by atoms with E-state index in [0.717, 1.165) is 29.8 Å². The Balaban J connectivity index is 1.24. The van der Waals surface area contributed by atoms with Gasteiger partial charge in [-0.1, -0.05) is 17.7 Å². The summed E-state index contributed by atoms with van der Waals surface area (Å²) in [5.74, 6) is -7.95. The van der Waals surface area contributed by atoms with Gasteiger partial charge < -0.3 is 73.0 Å². The molecule has 0 aliphatic carbocycles. The molecule has 23 nitrogen and oxygen atoms in total. The molecule has 1 unspecified atom stereocenters. The van der Waals surface area contributed by atoms with Crippen LogP contribution >= 0.6 is 0 Å². The molecule has 0 bridgehead atoms. The first kappa shape index (κ1) is 57.4. The first-order valence-electron chi connectivity index (χ1n) is 22.7. The summed E-state index contributed by atoms with van der Waals surface area (Å²) in [5, 5.41) is 50.3. The molecule has 0 aliphatic heterocycles. The summed E-state index contributed by atoms with van der Waals surface area (Å²) in [7, 11) is -2.01. The number of aryl methyl sites for hydroxylation is 1. The van der Waals surface area contributed by atoms with Crippen molar-refractivity contribution in [2.24, 2.45) is 0 Å². The summed E-state index contributed by atoms with van der Waals surface area (Å²) in [5.41, 5.74) is -2.68. The molecule has 0 heterocycles. The van der Waals surface area contributed by atoms with E-state index < -0.39 is 122 Å². The minimum atomic E-state index is -4.10. The van der Waals surface area contributed by atoms with Gasteiger partial charge in [0.1, 0.15) is 23.0 Å². The molecule has 8 N–H and O–H groups in total. The smallest absolute Gasteiger partial charge is 0.478 e. The monoisotopic (exact) mass is 1090 g/mol. The number of aliphatic hydroxyl groups excluding tert-OH is 1. The molecule has 6 rings (SSSR count). The zero-order chi connectivity index (χ0) is 56.2. The highest BCUT2D eigenvalue weighted by atomic mass is 28.5. The van der Waals surface area contributed by atoms with Gasteiger partial charge in [-0.05, 0) is 116 Å². The maximum absolute atomic E-state index is 14.4. The summed E-state index contributed by atoms with van der Waals surface area (Å²) in [6.45, 7) is 1.93. The molecule has 0 saturated carbocycles. The van der Waals surface area contributed by atoms with Crippen LogP contribution in [0.1, 0.15) is 88.4 Å². The van der Waals surface area contributed by atoms with Gasteiger partial charge in [0.05, 0.1) is 51.2 Å². The Morgan fingerprint density at radius 2 is 0.753 bits per heavy atom. The third-order valence-electron chi connectivity index (χ3n) is 11.4. The van der Waals surface area contributed by atoms with E-state index in [0.29, 0.717) is 11.5 Å². The number of benzene rings is 6. The van der Waals surface area contributed by atoms with Crippen molar-refractivity contribution >= 4 is 82.0 Å². The van der Waals surface area contributed by atoms with Gasteiger partial charge in [0.15, 0.2) is 5.78 Å². The Morgan fingerprint density at radius 3 is 1.06 bits per heavy atom. The van der Waals surface area contributed by atoms with E-state index in [9.17, 15) is 58.8 Å². The number of aromatic carboxylic acids is 3. The van der Waals surface area contributed by atoms with Crippen LogP contribution in [0.4, 0.5) is 17.1 Å². The quantitative estimate of drug-likeness (QED) is 0.0224. The molecule has 4 amide bonds. The number of amides is 4. The van der Waals surface area contributed by atoms with Crippen molar-refractivity contribution in [3.05, 3.63) is 171 Å². The number of anilines is 3. The number of hydrogen-bond acceptors (Lipinski definition) is 16. The fraction of sp³-hybridized carbons (Fsp3) is 0.154. The van der Waals surface area contributed by atoms with Crippen molar-refractivity contribution in [1.82, 2.24) is 5.32 Å². The number of carbonyl (C=O) groups is 8. The number of Topliss-reactive ketones (excluding diaryl/α,β-unsaturated/α-hetero) is 1. The van der Waals surface area contributed by atoms with Crippen molar-refractivity contribution in [1.29, 1.82) is 0 Å². The van der Waals surface area contributed by atoms with Crippen molar-refractivity contribution in [3.63, 3.8) is 0 Å². The highest BCUT2D eigenvalue weighted by Crippen LogP contribution is 2.30. The molecular weight excluding hydrogens is 1040 g/mol. The molecule has 6 aromatic carbocycles. The van der Waals surface area contributed by atoms with E-state index in [1.165, 1.54) is 96.2 Å². The summed E-state index contributed by atoms with van der Waals surface area (Å²) < 4.78 is 39.4. The number of carboxylic acids is 3. The Labute approximate surface area is 441 Å². The third-order valence-corrected chi connectivity index (χ3v) is 17.5. The Kier molecular flexibility index (Phi) is 18.7. The zero-order valence-electron chi connectivity index (χ0n) is 41.9. The first-order chi connectivity index (χ1) is 36.7. The molecule has 0 aliphatic rings. The Morgan fingerprint density at radius 1 is 0.442 bits per heavy atom. The second-order valence-corrected chi connectivity index (χ2v) is 22.4. The fourth-order valence-electron chi connectivity index (χ4n) is 7.38. The summed E-state index contributed by atoms with van der Waals surface area (Å²) >= 11 is 0. The van der Waals surface area contributed by atoms with Gasteiger partial charge in [-0.3, -0.25) is 24.0 Å². The van der Waals surface area contributed by atoms with Gasteiger partial charge in [-0.2, -0.15) is 0 Å². The molecule has 0 fully saturated rings. The van der Waals surface area contributed by atoms with Crippen LogP contribution in [0.5, 0.6) is 23.0 Å². The van der Waals surface area contributed by atoms with Crippen molar-refractivity contribution in [3.8, 4) is 23.0 Å². The molecule has 0 aromatic heterocycles. The number of ether oxygens (including phenoxy) is 2. The SMILES string of the molecule is CNC(=O)c1cc(C(=O)Nc2ccc(Oc3ccc(NC(=O)c4cc(C(=O)Nc5ccc(Oc6ccc(C)cc6)cc5)c(C(=O)C[Si](CO)(OC)O[Si](OC)(OC)OC)cc4C(=O)O)cc3)cc2)c(C(=O)O)cc1C(=O)O. The summed E-state index contributed by atoms with van der Waals surface area (Å²) in [4.78, 5) is 105. The molecular formula is C52H50N4O19Si2. The number of aliphatic hydroxyl groups is 1. The lowest BCUT2D eigenvalue weighted by Crippen LogP contribution is -2.60. The van der Waals surface area contributed by atoms with E-state index in [2.05, 4.69) is 21.3 Å². The predicted molar refractivity (Wildman–Crippen MR) is 279 cm³/mol. The van der Waals surface area contributed by atoms with E-state index in [1.807, 2.05) is 19.1 Å². The maximum atomic E-state index is 14.4. The summed E-state index contributed by atoms with van der Waals surface area (Å²) in [6.07, 6.45) is -0.835. The zero-order valence-corrected chi connectivity index (χ0v) is 43.9. The molecule has 1 atom stereocenters. The van der Waals surface area contributed by atoms with E-state index in [-0.39, 0.29) is 28.6 Å². The number of ketones is 1. The molecule has 400 valence electrons. The minimum absolute atomic E-state index is 0.144. The second-order valence-electron chi connectivity index (χ2n) is 16.4. The lowest BCUT2D eigenvalue weighted by Gasteiger charge is -2.34. The Bertz CT molecular complexity index is 3210. The topological polar surface area (TPSA) is 330 Å². The van der Waals surface area contributed by atoms with E-state index in [4.69, 9.17) is 31.3 Å². The second kappa shape index (κ2) is 25.1. The molecule has 77 heavy (non-hydrogen) atoms. The van der Waals surface area contributed by atoms with Crippen LogP contribution in [0, 0.1) is 6.92 Å². The van der Waals surface area contributed by atoms with E-state index in [1.54, 1.807) is 24.3 Å². The maximum Gasteiger partial charge on any atom is 0.669 e. The van der Waals surface area contributed by atoms with Crippen LogP contribution in [0.15, 0.2) is 121 Å². The fourth-order valence-corrected chi connectivity index (χ4v) is 12.7. The van der Waals surface area contributed by atoms with Crippen LogP contribution in [0.2, 0.25) is 6.04 Å². The lowest BCUT2D eigenvalue weighted by molar-refractivity contribution is 0.0318. The first-order valence-corrected chi connectivity index (χ1v) is 26.6.